The molecule has 192 valence electrons. The van der Waals surface area contributed by atoms with Crippen LogP contribution in [0, 0.1) is 11.7 Å². The lowest BCUT2D eigenvalue weighted by Crippen LogP contribution is -2.43. The third-order valence-electron chi connectivity index (χ3n) is 7.66. The molecule has 36 heavy (non-hydrogen) atoms. The van der Waals surface area contributed by atoms with Crippen LogP contribution in [0.5, 0.6) is 5.75 Å². The van der Waals surface area contributed by atoms with Crippen molar-refractivity contribution in [1.82, 2.24) is 5.32 Å². The molecule has 7 heteroatoms. The predicted molar refractivity (Wildman–Crippen MR) is 134 cm³/mol. The minimum atomic E-state index is -0.734. The summed E-state index contributed by atoms with van der Waals surface area (Å²) in [7, 11) is 0. The summed E-state index contributed by atoms with van der Waals surface area (Å²) < 4.78 is 19.3. The lowest BCUT2D eigenvalue weighted by Gasteiger charge is -2.28. The van der Waals surface area contributed by atoms with Crippen molar-refractivity contribution in [2.75, 3.05) is 6.54 Å². The zero-order valence-electron chi connectivity index (χ0n) is 20.5. The van der Waals surface area contributed by atoms with Crippen LogP contribution in [0.3, 0.4) is 0 Å². The average Bonchev–Trinajstić information content (AvgIpc) is 3.39. The molecule has 0 spiro atoms. The summed E-state index contributed by atoms with van der Waals surface area (Å²) in [4.78, 5) is 36.8. The quantitative estimate of drug-likeness (QED) is 0.338. The first-order chi connectivity index (χ1) is 17.4. The second-order valence-electron chi connectivity index (χ2n) is 10.0. The van der Waals surface area contributed by atoms with Crippen molar-refractivity contribution in [3.63, 3.8) is 0 Å². The first kappa shape index (κ1) is 25.9. The molecule has 0 aliphatic heterocycles. The molecule has 0 aromatic heterocycles. The van der Waals surface area contributed by atoms with Gasteiger partial charge in [-0.3, -0.25) is 14.4 Å². The number of carbonyl (C=O) groups is 3. The van der Waals surface area contributed by atoms with Crippen molar-refractivity contribution in [3.8, 4) is 5.75 Å². The van der Waals surface area contributed by atoms with Gasteiger partial charge < -0.3 is 15.2 Å². The largest absolute Gasteiger partial charge is 0.490 e. The van der Waals surface area contributed by atoms with Gasteiger partial charge in [-0.1, -0.05) is 25.0 Å². The zero-order chi connectivity index (χ0) is 25.5. The third-order valence-corrected chi connectivity index (χ3v) is 7.66. The SMILES string of the molecule is O=C(CCCNC(=O)C1(c2ccc(F)cc2)CCCC1)c1ccc(OC2CCC(C(=O)O)CC2)cc1. The van der Waals surface area contributed by atoms with Crippen molar-refractivity contribution in [2.45, 2.75) is 75.7 Å². The van der Waals surface area contributed by atoms with E-state index in [4.69, 9.17) is 9.84 Å². The predicted octanol–water partition coefficient (Wildman–Crippen LogP) is 5.44. The molecule has 4 rings (SSSR count). The van der Waals surface area contributed by atoms with Gasteiger partial charge >= 0.3 is 5.97 Å². The molecule has 0 unspecified atom stereocenters. The molecular weight excluding hydrogens is 461 g/mol. The highest BCUT2D eigenvalue weighted by molar-refractivity contribution is 5.96. The van der Waals surface area contributed by atoms with E-state index in [1.807, 2.05) is 0 Å². The Bertz CT molecular complexity index is 1050. The normalized spacial score (nSPS) is 21.0. The summed E-state index contributed by atoms with van der Waals surface area (Å²) in [5.41, 5.74) is 0.842. The molecule has 0 radical (unpaired) electrons. The van der Waals surface area contributed by atoms with E-state index in [-0.39, 0.29) is 29.5 Å². The summed E-state index contributed by atoms with van der Waals surface area (Å²) >= 11 is 0. The Morgan fingerprint density at radius 3 is 2.19 bits per heavy atom. The highest BCUT2D eigenvalue weighted by atomic mass is 19.1. The molecule has 2 N–H and O–H groups in total. The van der Waals surface area contributed by atoms with Gasteiger partial charge in [-0.2, -0.15) is 0 Å². The van der Waals surface area contributed by atoms with E-state index in [9.17, 15) is 18.8 Å². The van der Waals surface area contributed by atoms with E-state index in [0.29, 0.717) is 56.4 Å². The number of nitrogens with one attached hydrogen (secondary N) is 1. The fourth-order valence-corrected chi connectivity index (χ4v) is 5.50. The number of carboxylic acids is 1. The van der Waals surface area contributed by atoms with Crippen LogP contribution < -0.4 is 10.1 Å². The second-order valence-corrected chi connectivity index (χ2v) is 10.0. The zero-order valence-corrected chi connectivity index (χ0v) is 20.5. The van der Waals surface area contributed by atoms with Gasteiger partial charge in [0.2, 0.25) is 5.91 Å². The minimum Gasteiger partial charge on any atom is -0.490 e. The minimum absolute atomic E-state index is 0.00355. The average molecular weight is 496 g/mol. The number of hydrogen-bond donors (Lipinski definition) is 2. The van der Waals surface area contributed by atoms with Crippen LogP contribution in [0.4, 0.5) is 4.39 Å². The maximum absolute atomic E-state index is 13.4. The summed E-state index contributed by atoms with van der Waals surface area (Å²) in [5, 5.41) is 12.1. The number of hydrogen-bond acceptors (Lipinski definition) is 4. The molecule has 2 saturated carbocycles. The monoisotopic (exact) mass is 495 g/mol. The number of ketones is 1. The number of Topliss-reactive ketones (excluding diaryl/α,β-unsaturated/α-hetero) is 1. The van der Waals surface area contributed by atoms with Gasteiger partial charge in [0, 0.05) is 18.5 Å². The topological polar surface area (TPSA) is 92.7 Å². The number of halogens is 1. The van der Waals surface area contributed by atoms with Crippen LogP contribution in [0.2, 0.25) is 0 Å². The lowest BCUT2D eigenvalue weighted by molar-refractivity contribution is -0.143. The first-order valence-electron chi connectivity index (χ1n) is 12.9. The van der Waals surface area contributed by atoms with Gasteiger partial charge in [0.1, 0.15) is 11.6 Å². The number of carbonyl (C=O) groups excluding carboxylic acids is 2. The Labute approximate surface area is 211 Å². The third kappa shape index (κ3) is 6.12. The van der Waals surface area contributed by atoms with E-state index in [0.717, 1.165) is 31.2 Å². The Morgan fingerprint density at radius 1 is 0.944 bits per heavy atom. The molecule has 0 bridgehead atoms. The van der Waals surface area contributed by atoms with Crippen LogP contribution >= 0.6 is 0 Å². The van der Waals surface area contributed by atoms with Gasteiger partial charge in [-0.05, 0) is 86.9 Å². The number of ether oxygens (including phenoxy) is 1. The van der Waals surface area contributed by atoms with Crippen LogP contribution in [0.1, 0.15) is 80.1 Å². The van der Waals surface area contributed by atoms with Crippen molar-refractivity contribution < 1.29 is 28.6 Å². The van der Waals surface area contributed by atoms with E-state index in [2.05, 4.69) is 5.32 Å². The maximum Gasteiger partial charge on any atom is 0.306 e. The Hall–Kier alpha value is -3.22. The summed E-state index contributed by atoms with van der Waals surface area (Å²) in [6.45, 7) is 0.410. The molecule has 2 aromatic carbocycles. The number of amides is 1. The number of aliphatic carboxylic acids is 1. The van der Waals surface area contributed by atoms with E-state index in [1.54, 1.807) is 36.4 Å². The highest BCUT2D eigenvalue weighted by Gasteiger charge is 2.42. The molecule has 2 aromatic rings. The van der Waals surface area contributed by atoms with Gasteiger partial charge in [0.25, 0.3) is 0 Å². The van der Waals surface area contributed by atoms with Crippen LogP contribution in [0.15, 0.2) is 48.5 Å². The van der Waals surface area contributed by atoms with Crippen molar-refractivity contribution >= 4 is 17.7 Å². The number of rotatable bonds is 10. The van der Waals surface area contributed by atoms with Gasteiger partial charge in [-0.15, -0.1) is 0 Å². The van der Waals surface area contributed by atoms with Crippen LogP contribution in [-0.4, -0.2) is 35.4 Å². The fraction of sp³-hybridized carbons (Fsp3) is 0.483. The Kier molecular flexibility index (Phi) is 8.39. The molecule has 2 aliphatic rings. The molecular formula is C29H34FNO5. The Morgan fingerprint density at radius 2 is 1.58 bits per heavy atom. The summed E-state index contributed by atoms with van der Waals surface area (Å²) in [6, 6.07) is 13.3. The van der Waals surface area contributed by atoms with Crippen molar-refractivity contribution in [1.29, 1.82) is 0 Å². The standard InChI is InChI=1S/C29H34FNO5/c30-23-11-9-22(10-12-23)29(17-1-2-18-29)28(35)31-19-3-4-26(32)20-5-13-24(14-6-20)36-25-15-7-21(8-16-25)27(33)34/h5-6,9-14,21,25H,1-4,7-8,15-19H2,(H,31,35)(H,33,34). The van der Waals surface area contributed by atoms with Crippen molar-refractivity contribution in [2.24, 2.45) is 5.92 Å². The number of benzene rings is 2. The molecule has 0 heterocycles. The van der Waals surface area contributed by atoms with Gasteiger partial charge in [0.05, 0.1) is 17.4 Å². The summed E-state index contributed by atoms with van der Waals surface area (Å²) in [5.74, 6) is -0.679. The van der Waals surface area contributed by atoms with Crippen LogP contribution in [-0.2, 0) is 15.0 Å². The molecule has 2 fully saturated rings. The molecule has 0 atom stereocenters. The van der Waals surface area contributed by atoms with E-state index in [1.165, 1.54) is 12.1 Å². The maximum atomic E-state index is 13.4. The van der Waals surface area contributed by atoms with Gasteiger partial charge in [0.15, 0.2) is 5.78 Å². The smallest absolute Gasteiger partial charge is 0.306 e. The fourth-order valence-electron chi connectivity index (χ4n) is 5.50. The Balaban J connectivity index is 1.22. The molecule has 2 aliphatic carbocycles. The highest BCUT2D eigenvalue weighted by Crippen LogP contribution is 2.41. The first-order valence-corrected chi connectivity index (χ1v) is 12.9. The van der Waals surface area contributed by atoms with Gasteiger partial charge in [-0.25, -0.2) is 4.39 Å². The number of carboxylic acid groups (broad SMARTS) is 1. The molecule has 6 nitrogen and oxygen atoms in total. The molecule has 0 saturated heterocycles. The van der Waals surface area contributed by atoms with E-state index >= 15 is 0 Å². The summed E-state index contributed by atoms with van der Waals surface area (Å²) in [6.07, 6.45) is 6.96. The lowest BCUT2D eigenvalue weighted by atomic mass is 9.78. The second kappa shape index (κ2) is 11.7. The van der Waals surface area contributed by atoms with Crippen molar-refractivity contribution in [3.05, 3.63) is 65.5 Å². The van der Waals surface area contributed by atoms with E-state index < -0.39 is 11.4 Å². The molecule has 1 amide bonds. The van der Waals surface area contributed by atoms with Crippen LogP contribution in [0.25, 0.3) is 0 Å².